The predicted octanol–water partition coefficient (Wildman–Crippen LogP) is 2.06. The number of rotatable bonds is 4. The number of hydrogen-bond acceptors (Lipinski definition) is 5. The molecule has 0 radical (unpaired) electrons. The fourth-order valence-electron chi connectivity index (χ4n) is 4.11. The first-order valence-corrected chi connectivity index (χ1v) is 10.3. The van der Waals surface area contributed by atoms with Crippen LogP contribution in [-0.2, 0) is 13.7 Å². The fourth-order valence-corrected chi connectivity index (χ4v) is 4.11. The Morgan fingerprint density at radius 2 is 1.91 bits per heavy atom. The number of piperidine rings is 1. The summed E-state index contributed by atoms with van der Waals surface area (Å²) >= 11 is 0. The van der Waals surface area contributed by atoms with Gasteiger partial charge in [0.1, 0.15) is 29.6 Å². The topological polar surface area (TPSA) is 93.2 Å². The van der Waals surface area contributed by atoms with Crippen LogP contribution in [0.1, 0.15) is 46.3 Å². The number of pyridine rings is 1. The van der Waals surface area contributed by atoms with Gasteiger partial charge >= 0.3 is 0 Å². The van der Waals surface area contributed by atoms with E-state index in [1.54, 1.807) is 29.5 Å². The number of carbonyl (C=O) groups excluding carboxylic acids is 1. The summed E-state index contributed by atoms with van der Waals surface area (Å²) in [6.45, 7) is 2.26. The minimum atomic E-state index is -0.762. The monoisotopic (exact) mass is 443 g/mol. The Hall–Kier alpha value is -3.40. The second kappa shape index (κ2) is 8.62. The highest BCUT2D eigenvalue weighted by Crippen LogP contribution is 2.27. The summed E-state index contributed by atoms with van der Waals surface area (Å²) in [6, 6.07) is 4.38. The van der Waals surface area contributed by atoms with E-state index in [9.17, 15) is 23.5 Å². The highest BCUT2D eigenvalue weighted by Gasteiger charge is 2.30. The minimum Gasteiger partial charge on any atom is -0.388 e. The van der Waals surface area contributed by atoms with Crippen LogP contribution in [-0.4, -0.2) is 48.3 Å². The molecule has 1 aliphatic heterocycles. The molecule has 0 unspecified atom stereocenters. The molecule has 0 bridgehead atoms. The van der Waals surface area contributed by atoms with Crippen LogP contribution in [0.2, 0.25) is 0 Å². The lowest BCUT2D eigenvalue weighted by atomic mass is 9.95. The molecule has 0 saturated carbocycles. The van der Waals surface area contributed by atoms with E-state index in [2.05, 4.69) is 10.2 Å². The normalized spacial score (nSPS) is 14.7. The van der Waals surface area contributed by atoms with E-state index in [4.69, 9.17) is 0 Å². The van der Waals surface area contributed by atoms with Gasteiger partial charge in [-0.25, -0.2) is 8.78 Å². The lowest BCUT2D eigenvalue weighted by Crippen LogP contribution is -2.41. The van der Waals surface area contributed by atoms with Gasteiger partial charge in [-0.15, -0.1) is 10.2 Å². The van der Waals surface area contributed by atoms with Crippen LogP contribution in [0.15, 0.2) is 35.3 Å². The van der Waals surface area contributed by atoms with Gasteiger partial charge in [-0.1, -0.05) is 0 Å². The van der Waals surface area contributed by atoms with Crippen molar-refractivity contribution in [3.63, 3.8) is 0 Å². The van der Waals surface area contributed by atoms with Gasteiger partial charge in [0.25, 0.3) is 11.5 Å². The average Bonchev–Trinajstić information content (AvgIpc) is 3.16. The predicted molar refractivity (Wildman–Crippen MR) is 111 cm³/mol. The van der Waals surface area contributed by atoms with Crippen molar-refractivity contribution in [2.45, 2.75) is 32.3 Å². The summed E-state index contributed by atoms with van der Waals surface area (Å²) in [7, 11) is 1.79. The van der Waals surface area contributed by atoms with Crippen molar-refractivity contribution < 1.29 is 18.7 Å². The first-order valence-electron chi connectivity index (χ1n) is 10.3. The van der Waals surface area contributed by atoms with E-state index in [1.165, 1.54) is 6.20 Å². The molecule has 1 fully saturated rings. The summed E-state index contributed by atoms with van der Waals surface area (Å²) in [6.07, 6.45) is 2.59. The van der Waals surface area contributed by atoms with Crippen molar-refractivity contribution in [1.82, 2.24) is 24.2 Å². The van der Waals surface area contributed by atoms with Gasteiger partial charge in [0.2, 0.25) is 0 Å². The number of hydrogen-bond donors (Lipinski definition) is 1. The molecular weight excluding hydrogens is 420 g/mol. The number of benzene rings is 1. The Morgan fingerprint density at radius 1 is 1.19 bits per heavy atom. The first-order chi connectivity index (χ1) is 15.3. The number of halogens is 2. The SMILES string of the molecule is Cc1ccn(-c2cc(F)ccc2F)c(=O)c1C(=O)N1CCC(c2nnc(CO)n2C)CC1. The highest BCUT2D eigenvalue weighted by atomic mass is 19.1. The van der Waals surface area contributed by atoms with Gasteiger partial charge in [-0.3, -0.25) is 14.2 Å². The van der Waals surface area contributed by atoms with Crippen molar-refractivity contribution in [3.8, 4) is 5.69 Å². The van der Waals surface area contributed by atoms with Crippen LogP contribution in [0.5, 0.6) is 0 Å². The largest absolute Gasteiger partial charge is 0.388 e. The maximum atomic E-state index is 14.2. The molecule has 3 aromatic rings. The number of likely N-dealkylation sites (tertiary alicyclic amines) is 1. The Balaban J connectivity index is 1.58. The third-order valence-electron chi connectivity index (χ3n) is 5.97. The second-order valence-corrected chi connectivity index (χ2v) is 7.90. The third kappa shape index (κ3) is 3.81. The van der Waals surface area contributed by atoms with Crippen LogP contribution in [0.4, 0.5) is 8.78 Å². The molecule has 1 saturated heterocycles. The van der Waals surface area contributed by atoms with Crippen molar-refractivity contribution >= 4 is 5.91 Å². The van der Waals surface area contributed by atoms with Crippen molar-refractivity contribution in [3.05, 3.63) is 75.2 Å². The van der Waals surface area contributed by atoms with Crippen molar-refractivity contribution in [2.75, 3.05) is 13.1 Å². The van der Waals surface area contributed by atoms with Crippen LogP contribution in [0.3, 0.4) is 0 Å². The van der Waals surface area contributed by atoms with Crippen LogP contribution in [0, 0.1) is 18.6 Å². The van der Waals surface area contributed by atoms with Gasteiger partial charge < -0.3 is 14.6 Å². The smallest absolute Gasteiger partial charge is 0.268 e. The molecule has 168 valence electrons. The highest BCUT2D eigenvalue weighted by molar-refractivity contribution is 5.95. The molecule has 10 heteroatoms. The van der Waals surface area contributed by atoms with E-state index >= 15 is 0 Å². The zero-order chi connectivity index (χ0) is 23.0. The van der Waals surface area contributed by atoms with Crippen LogP contribution >= 0.6 is 0 Å². The second-order valence-electron chi connectivity index (χ2n) is 7.90. The molecule has 3 heterocycles. The standard InChI is InChI=1S/C22H23F2N5O3/c1-13-5-10-29(17-11-15(23)3-4-16(17)24)22(32)19(13)21(31)28-8-6-14(7-9-28)20-26-25-18(12-30)27(20)2/h3-5,10-11,14,30H,6-9,12H2,1-2H3. The number of aliphatic hydroxyl groups is 1. The Bertz CT molecular complexity index is 1230. The van der Waals surface area contributed by atoms with E-state index in [0.29, 0.717) is 37.3 Å². The molecule has 1 amide bonds. The number of amides is 1. The molecule has 8 nitrogen and oxygen atoms in total. The summed E-state index contributed by atoms with van der Waals surface area (Å²) in [4.78, 5) is 27.9. The van der Waals surface area contributed by atoms with E-state index < -0.39 is 23.1 Å². The molecule has 0 spiro atoms. The van der Waals surface area contributed by atoms with Gasteiger partial charge in [0.15, 0.2) is 5.82 Å². The summed E-state index contributed by atoms with van der Waals surface area (Å²) in [5, 5.41) is 17.4. The molecule has 4 rings (SSSR count). The Morgan fingerprint density at radius 3 is 2.56 bits per heavy atom. The van der Waals surface area contributed by atoms with Crippen molar-refractivity contribution in [1.29, 1.82) is 0 Å². The molecule has 1 aromatic carbocycles. The molecule has 2 aromatic heterocycles. The van der Waals surface area contributed by atoms with Gasteiger partial charge in [-0.2, -0.15) is 0 Å². The maximum Gasteiger partial charge on any atom is 0.268 e. The first kappa shape index (κ1) is 21.8. The number of nitrogens with zero attached hydrogens (tertiary/aromatic N) is 5. The maximum absolute atomic E-state index is 14.2. The van der Waals surface area contributed by atoms with Gasteiger partial charge in [-0.05, 0) is 43.5 Å². The molecular formula is C22H23F2N5O3. The number of aliphatic hydroxyl groups excluding tert-OH is 1. The van der Waals surface area contributed by atoms with E-state index in [1.807, 2.05) is 0 Å². The molecule has 0 aliphatic carbocycles. The summed E-state index contributed by atoms with van der Waals surface area (Å²) in [5.74, 6) is -0.582. The number of carbonyl (C=O) groups is 1. The fraction of sp³-hybridized carbons (Fsp3) is 0.364. The number of aromatic nitrogens is 4. The third-order valence-corrected chi connectivity index (χ3v) is 5.97. The van der Waals surface area contributed by atoms with Crippen LogP contribution < -0.4 is 5.56 Å². The number of aryl methyl sites for hydroxylation is 1. The summed E-state index contributed by atoms with van der Waals surface area (Å²) < 4.78 is 30.6. The Kier molecular flexibility index (Phi) is 5.88. The van der Waals surface area contributed by atoms with Crippen LogP contribution in [0.25, 0.3) is 5.69 Å². The minimum absolute atomic E-state index is 0.0594. The lowest BCUT2D eigenvalue weighted by Gasteiger charge is -2.31. The summed E-state index contributed by atoms with van der Waals surface area (Å²) in [5.41, 5.74) is -0.529. The molecule has 1 aliphatic rings. The van der Waals surface area contributed by atoms with E-state index in [-0.39, 0.29) is 23.8 Å². The molecule has 0 atom stereocenters. The van der Waals surface area contributed by atoms with Gasteiger partial charge in [0.05, 0.1) is 5.69 Å². The van der Waals surface area contributed by atoms with Crippen molar-refractivity contribution in [2.24, 2.45) is 7.05 Å². The quantitative estimate of drug-likeness (QED) is 0.666. The molecule has 32 heavy (non-hydrogen) atoms. The molecule has 1 N–H and O–H groups in total. The zero-order valence-corrected chi connectivity index (χ0v) is 17.8. The van der Waals surface area contributed by atoms with E-state index in [0.717, 1.165) is 28.6 Å². The zero-order valence-electron chi connectivity index (χ0n) is 17.8. The van der Waals surface area contributed by atoms with Gasteiger partial charge in [0, 0.05) is 38.3 Å². The Labute approximate surface area is 182 Å². The lowest BCUT2D eigenvalue weighted by molar-refractivity contribution is 0.0707. The average molecular weight is 443 g/mol.